The molecule has 2 amide bonds. The Morgan fingerprint density at radius 3 is 2.50 bits per heavy atom. The number of carbonyl (C=O) groups is 2. The second-order valence-corrected chi connectivity index (χ2v) is 10.7. The van der Waals surface area contributed by atoms with Gasteiger partial charge in [-0.25, -0.2) is 9.78 Å². The summed E-state index contributed by atoms with van der Waals surface area (Å²) in [4.78, 5) is 39.9. The summed E-state index contributed by atoms with van der Waals surface area (Å²) < 4.78 is 5.52. The zero-order valence-electron chi connectivity index (χ0n) is 21.4. The van der Waals surface area contributed by atoms with E-state index >= 15 is 0 Å². The van der Waals surface area contributed by atoms with Crippen LogP contribution in [0.3, 0.4) is 0 Å². The Balaban J connectivity index is 1.19. The molecular formula is C28H35N5O3. The Kier molecular flexibility index (Phi) is 6.60. The average Bonchev–Trinajstić information content (AvgIpc) is 3.32. The summed E-state index contributed by atoms with van der Waals surface area (Å²) >= 11 is 0. The fraction of sp³-hybridized carbons (Fsp3) is 0.464. The third kappa shape index (κ3) is 5.32. The summed E-state index contributed by atoms with van der Waals surface area (Å²) in [5.41, 5.74) is 3.63. The van der Waals surface area contributed by atoms with Crippen LogP contribution in [-0.2, 0) is 9.53 Å². The minimum absolute atomic E-state index is 0.152. The number of piperazine rings is 1. The van der Waals surface area contributed by atoms with Gasteiger partial charge in [0.15, 0.2) is 0 Å². The molecule has 190 valence electrons. The smallest absolute Gasteiger partial charge is 0.410 e. The van der Waals surface area contributed by atoms with Gasteiger partial charge in [0.25, 0.3) is 0 Å². The number of likely N-dealkylation sites (tertiary alicyclic amines) is 1. The maximum absolute atomic E-state index is 13.3. The molecule has 5 rings (SSSR count). The van der Waals surface area contributed by atoms with E-state index in [9.17, 15) is 9.59 Å². The van der Waals surface area contributed by atoms with Gasteiger partial charge in [-0.15, -0.1) is 0 Å². The van der Waals surface area contributed by atoms with E-state index in [2.05, 4.69) is 34.1 Å². The molecule has 0 saturated carbocycles. The normalized spacial score (nSPS) is 19.0. The third-order valence-electron chi connectivity index (χ3n) is 6.89. The van der Waals surface area contributed by atoms with Crippen molar-refractivity contribution in [2.75, 3.05) is 44.2 Å². The summed E-state index contributed by atoms with van der Waals surface area (Å²) in [6.07, 6.45) is 1.32. The SMILES string of the molecule is CC(C)(C)OC(=O)N1CCC[C@H](C(=O)N2CCN(c3cccc(-c4nc5ccccc5[nH]4)c3)CC2)C1. The van der Waals surface area contributed by atoms with Crippen LogP contribution in [0.5, 0.6) is 0 Å². The molecular weight excluding hydrogens is 454 g/mol. The van der Waals surface area contributed by atoms with Crippen LogP contribution in [0, 0.1) is 5.92 Å². The standard InChI is InChI=1S/C28H35N5O3/c1-28(2,3)36-27(35)33-13-7-9-21(19-33)26(34)32-16-14-31(15-17-32)22-10-6-8-20(18-22)25-29-23-11-4-5-12-24(23)30-25/h4-6,8,10-12,18,21H,7,9,13-17,19H2,1-3H3,(H,29,30)/t21-/m0/s1. The lowest BCUT2D eigenvalue weighted by Gasteiger charge is -2.40. The van der Waals surface area contributed by atoms with E-state index in [1.54, 1.807) is 4.90 Å². The second kappa shape index (κ2) is 9.84. The van der Waals surface area contributed by atoms with Gasteiger partial charge in [0.1, 0.15) is 11.4 Å². The van der Waals surface area contributed by atoms with Gasteiger partial charge in [-0.05, 0) is 57.9 Å². The summed E-state index contributed by atoms with van der Waals surface area (Å²) in [6, 6.07) is 16.4. The molecule has 2 saturated heterocycles. The van der Waals surface area contributed by atoms with Crippen molar-refractivity contribution in [3.63, 3.8) is 0 Å². The highest BCUT2D eigenvalue weighted by Gasteiger charge is 2.34. The lowest BCUT2D eigenvalue weighted by Crippen LogP contribution is -2.53. The maximum Gasteiger partial charge on any atom is 0.410 e. The Morgan fingerprint density at radius 1 is 0.972 bits per heavy atom. The van der Waals surface area contributed by atoms with E-state index < -0.39 is 5.60 Å². The molecule has 3 aromatic rings. The maximum atomic E-state index is 13.3. The zero-order valence-corrected chi connectivity index (χ0v) is 21.4. The van der Waals surface area contributed by atoms with Crippen LogP contribution in [0.4, 0.5) is 10.5 Å². The number of benzene rings is 2. The molecule has 2 fully saturated rings. The first-order valence-corrected chi connectivity index (χ1v) is 12.8. The summed E-state index contributed by atoms with van der Waals surface area (Å²) in [5.74, 6) is 0.854. The molecule has 1 N–H and O–H groups in total. The monoisotopic (exact) mass is 489 g/mol. The van der Waals surface area contributed by atoms with E-state index in [4.69, 9.17) is 9.72 Å². The van der Waals surface area contributed by atoms with Crippen LogP contribution in [0.1, 0.15) is 33.6 Å². The quantitative estimate of drug-likeness (QED) is 0.585. The molecule has 2 aliphatic heterocycles. The van der Waals surface area contributed by atoms with Crippen LogP contribution in [0.15, 0.2) is 48.5 Å². The lowest BCUT2D eigenvalue weighted by molar-refractivity contribution is -0.137. The minimum Gasteiger partial charge on any atom is -0.444 e. The molecule has 2 aliphatic rings. The van der Waals surface area contributed by atoms with Crippen LogP contribution < -0.4 is 4.90 Å². The Morgan fingerprint density at radius 2 is 1.75 bits per heavy atom. The highest BCUT2D eigenvalue weighted by molar-refractivity contribution is 5.81. The number of carbonyl (C=O) groups excluding carboxylic acids is 2. The van der Waals surface area contributed by atoms with Crippen molar-refractivity contribution in [2.45, 2.75) is 39.2 Å². The second-order valence-electron chi connectivity index (χ2n) is 10.7. The van der Waals surface area contributed by atoms with Gasteiger partial charge >= 0.3 is 6.09 Å². The largest absolute Gasteiger partial charge is 0.444 e. The highest BCUT2D eigenvalue weighted by atomic mass is 16.6. The van der Waals surface area contributed by atoms with Crippen LogP contribution >= 0.6 is 0 Å². The number of imidazole rings is 1. The minimum atomic E-state index is -0.536. The fourth-order valence-corrected chi connectivity index (χ4v) is 5.05. The van der Waals surface area contributed by atoms with Gasteiger partial charge in [-0.2, -0.15) is 0 Å². The van der Waals surface area contributed by atoms with Crippen molar-refractivity contribution in [1.82, 2.24) is 19.8 Å². The van der Waals surface area contributed by atoms with E-state index in [1.807, 2.05) is 49.9 Å². The van der Waals surface area contributed by atoms with E-state index in [0.29, 0.717) is 26.2 Å². The van der Waals surface area contributed by atoms with Crippen molar-refractivity contribution in [3.8, 4) is 11.4 Å². The predicted octanol–water partition coefficient (Wildman–Crippen LogP) is 4.53. The molecule has 0 unspecified atom stereocenters. The number of hydrogen-bond acceptors (Lipinski definition) is 5. The van der Waals surface area contributed by atoms with Crippen molar-refractivity contribution in [1.29, 1.82) is 0 Å². The Hall–Kier alpha value is -3.55. The summed E-state index contributed by atoms with van der Waals surface area (Å²) in [7, 11) is 0. The first-order valence-electron chi connectivity index (χ1n) is 12.8. The molecule has 2 aromatic carbocycles. The number of H-pyrrole nitrogens is 1. The lowest BCUT2D eigenvalue weighted by atomic mass is 9.96. The molecule has 0 aliphatic carbocycles. The van der Waals surface area contributed by atoms with Crippen molar-refractivity contribution in [2.24, 2.45) is 5.92 Å². The topological polar surface area (TPSA) is 81.8 Å². The number of hydrogen-bond donors (Lipinski definition) is 1. The number of nitrogens with zero attached hydrogens (tertiary/aromatic N) is 4. The first-order chi connectivity index (χ1) is 17.3. The van der Waals surface area contributed by atoms with Gasteiger partial charge in [0.05, 0.1) is 17.0 Å². The van der Waals surface area contributed by atoms with Gasteiger partial charge in [-0.1, -0.05) is 24.3 Å². The molecule has 0 radical (unpaired) electrons. The van der Waals surface area contributed by atoms with E-state index in [1.165, 1.54) is 0 Å². The fourth-order valence-electron chi connectivity index (χ4n) is 5.05. The molecule has 3 heterocycles. The van der Waals surface area contributed by atoms with Gasteiger partial charge in [-0.3, -0.25) is 4.79 Å². The molecule has 8 heteroatoms. The first kappa shape index (κ1) is 24.2. The van der Waals surface area contributed by atoms with Crippen molar-refractivity contribution >= 4 is 28.7 Å². The van der Waals surface area contributed by atoms with Gasteiger partial charge in [0, 0.05) is 50.5 Å². The third-order valence-corrected chi connectivity index (χ3v) is 6.89. The highest BCUT2D eigenvalue weighted by Crippen LogP contribution is 2.27. The van der Waals surface area contributed by atoms with Crippen LogP contribution in [0.2, 0.25) is 0 Å². The summed E-state index contributed by atoms with van der Waals surface area (Å²) in [6.45, 7) is 9.58. The number of amides is 2. The van der Waals surface area contributed by atoms with Crippen LogP contribution in [-0.4, -0.2) is 76.6 Å². The molecule has 0 bridgehead atoms. The number of rotatable bonds is 3. The number of ether oxygens (including phenoxy) is 1. The number of anilines is 1. The van der Waals surface area contributed by atoms with Crippen molar-refractivity contribution in [3.05, 3.63) is 48.5 Å². The van der Waals surface area contributed by atoms with E-state index in [0.717, 1.165) is 54.0 Å². The molecule has 36 heavy (non-hydrogen) atoms. The predicted molar refractivity (Wildman–Crippen MR) is 141 cm³/mol. The Labute approximate surface area is 212 Å². The zero-order chi connectivity index (χ0) is 25.3. The molecule has 1 aromatic heterocycles. The number of fused-ring (bicyclic) bond motifs is 1. The van der Waals surface area contributed by atoms with Crippen LogP contribution in [0.25, 0.3) is 22.4 Å². The van der Waals surface area contributed by atoms with Crippen molar-refractivity contribution < 1.29 is 14.3 Å². The summed E-state index contributed by atoms with van der Waals surface area (Å²) in [5, 5.41) is 0. The average molecular weight is 490 g/mol. The number of aromatic amines is 1. The van der Waals surface area contributed by atoms with Gasteiger partial charge < -0.3 is 24.4 Å². The number of piperidine rings is 1. The molecule has 1 atom stereocenters. The molecule has 0 spiro atoms. The van der Waals surface area contributed by atoms with Gasteiger partial charge in [0.2, 0.25) is 5.91 Å². The number of nitrogens with one attached hydrogen (secondary N) is 1. The number of aromatic nitrogens is 2. The van der Waals surface area contributed by atoms with E-state index in [-0.39, 0.29) is 17.9 Å². The number of para-hydroxylation sites is 2. The molecule has 8 nitrogen and oxygen atoms in total. The Bertz CT molecular complexity index is 1210.